The number of esters is 1. The lowest BCUT2D eigenvalue weighted by Gasteiger charge is -2.15. The van der Waals surface area contributed by atoms with E-state index < -0.39 is 12.1 Å². The van der Waals surface area contributed by atoms with E-state index in [0.717, 1.165) is 9.26 Å². The van der Waals surface area contributed by atoms with Gasteiger partial charge < -0.3 is 15.0 Å². The van der Waals surface area contributed by atoms with E-state index in [4.69, 9.17) is 4.74 Å². The fraction of sp³-hybridized carbons (Fsp3) is 0.222. The van der Waals surface area contributed by atoms with Crippen LogP contribution < -0.4 is 10.2 Å². The molecule has 0 aromatic heterocycles. The fourth-order valence-corrected chi connectivity index (χ4v) is 2.60. The van der Waals surface area contributed by atoms with Gasteiger partial charge in [0.2, 0.25) is 0 Å². The summed E-state index contributed by atoms with van der Waals surface area (Å²) in [6, 6.07) is 14.5. The molecule has 24 heavy (non-hydrogen) atoms. The van der Waals surface area contributed by atoms with Crippen LogP contribution in [0.25, 0.3) is 0 Å². The zero-order valence-electron chi connectivity index (χ0n) is 13.7. The number of hydrogen-bond donors (Lipinski definition) is 1. The lowest BCUT2D eigenvalue weighted by atomic mass is 10.2. The summed E-state index contributed by atoms with van der Waals surface area (Å²) in [5.41, 5.74) is 2.14. The first-order valence-electron chi connectivity index (χ1n) is 7.42. The molecule has 126 valence electrons. The van der Waals surface area contributed by atoms with E-state index in [1.165, 1.54) is 0 Å². The highest BCUT2D eigenvalue weighted by atomic mass is 127. The molecule has 0 aliphatic heterocycles. The first kappa shape index (κ1) is 18.3. The largest absolute Gasteiger partial charge is 0.449 e. The second-order valence-electron chi connectivity index (χ2n) is 5.46. The molecule has 5 nitrogen and oxygen atoms in total. The van der Waals surface area contributed by atoms with Crippen LogP contribution in [0.3, 0.4) is 0 Å². The highest BCUT2D eigenvalue weighted by Gasteiger charge is 2.20. The van der Waals surface area contributed by atoms with Gasteiger partial charge >= 0.3 is 5.97 Å². The molecule has 2 rings (SSSR count). The van der Waals surface area contributed by atoms with Crippen molar-refractivity contribution in [1.82, 2.24) is 0 Å². The van der Waals surface area contributed by atoms with Crippen LogP contribution in [0.5, 0.6) is 0 Å². The third kappa shape index (κ3) is 4.70. The number of anilines is 2. The van der Waals surface area contributed by atoms with Gasteiger partial charge in [0.1, 0.15) is 0 Å². The van der Waals surface area contributed by atoms with E-state index in [2.05, 4.69) is 27.9 Å². The summed E-state index contributed by atoms with van der Waals surface area (Å²) >= 11 is 2.06. The van der Waals surface area contributed by atoms with Crippen molar-refractivity contribution in [2.45, 2.75) is 13.0 Å². The molecule has 1 N–H and O–H groups in total. The number of carbonyl (C=O) groups is 2. The molecule has 0 spiro atoms. The summed E-state index contributed by atoms with van der Waals surface area (Å²) in [6.45, 7) is 1.55. The van der Waals surface area contributed by atoms with E-state index >= 15 is 0 Å². The van der Waals surface area contributed by atoms with E-state index in [9.17, 15) is 9.59 Å². The van der Waals surface area contributed by atoms with E-state index in [-0.39, 0.29) is 5.91 Å². The molecule has 0 fully saturated rings. The van der Waals surface area contributed by atoms with Crippen molar-refractivity contribution in [2.75, 3.05) is 24.3 Å². The molecule has 0 radical (unpaired) electrons. The van der Waals surface area contributed by atoms with Gasteiger partial charge in [-0.05, 0) is 65.9 Å². The predicted molar refractivity (Wildman–Crippen MR) is 103 cm³/mol. The van der Waals surface area contributed by atoms with Crippen molar-refractivity contribution < 1.29 is 14.3 Å². The van der Waals surface area contributed by atoms with Crippen molar-refractivity contribution in [3.8, 4) is 0 Å². The zero-order valence-corrected chi connectivity index (χ0v) is 15.9. The Hall–Kier alpha value is -2.09. The molecule has 1 atom stereocenters. The van der Waals surface area contributed by atoms with Crippen LogP contribution in [0, 0.1) is 3.57 Å². The van der Waals surface area contributed by atoms with Gasteiger partial charge in [0, 0.05) is 29.0 Å². The number of halogens is 1. The number of amides is 1. The first-order chi connectivity index (χ1) is 11.4. The summed E-state index contributed by atoms with van der Waals surface area (Å²) in [7, 11) is 3.89. The Morgan fingerprint density at radius 2 is 1.71 bits per heavy atom. The highest BCUT2D eigenvalue weighted by molar-refractivity contribution is 14.1. The third-order valence-corrected chi connectivity index (χ3v) is 4.34. The molecule has 0 saturated carbocycles. The standard InChI is InChI=1S/C18H19IN2O3/c1-12(24-18(23)15-6-4-5-7-16(15)19)17(22)20-13-8-10-14(11-9-13)21(2)3/h4-12H,1-3H3,(H,20,22)/t12-/m1/s1. The van der Waals surface area contributed by atoms with Crippen LogP contribution in [0.1, 0.15) is 17.3 Å². The molecule has 0 unspecified atom stereocenters. The predicted octanol–water partition coefficient (Wildman–Crippen LogP) is 3.54. The molecule has 0 bridgehead atoms. The first-order valence-corrected chi connectivity index (χ1v) is 8.50. The second kappa shape index (κ2) is 8.14. The number of rotatable bonds is 5. The molecule has 2 aromatic rings. The summed E-state index contributed by atoms with van der Waals surface area (Å²) < 4.78 is 6.03. The van der Waals surface area contributed by atoms with E-state index in [1.807, 2.05) is 55.4 Å². The monoisotopic (exact) mass is 438 g/mol. The van der Waals surface area contributed by atoms with Gasteiger partial charge in [0.15, 0.2) is 6.10 Å². The van der Waals surface area contributed by atoms with E-state index in [1.54, 1.807) is 19.1 Å². The van der Waals surface area contributed by atoms with Gasteiger partial charge in [0.25, 0.3) is 5.91 Å². The minimum absolute atomic E-state index is 0.369. The van der Waals surface area contributed by atoms with Gasteiger partial charge in [-0.2, -0.15) is 0 Å². The Morgan fingerprint density at radius 1 is 1.08 bits per heavy atom. The van der Waals surface area contributed by atoms with Crippen molar-refractivity contribution >= 4 is 45.8 Å². The van der Waals surface area contributed by atoms with Gasteiger partial charge in [0.05, 0.1) is 5.56 Å². The smallest absolute Gasteiger partial charge is 0.339 e. The number of ether oxygens (including phenoxy) is 1. The number of carbonyl (C=O) groups excluding carboxylic acids is 2. The van der Waals surface area contributed by atoms with Gasteiger partial charge in [-0.15, -0.1) is 0 Å². The Balaban J connectivity index is 1.97. The minimum atomic E-state index is -0.887. The fourth-order valence-electron chi connectivity index (χ4n) is 1.99. The Bertz CT molecular complexity index is 729. The van der Waals surface area contributed by atoms with Gasteiger partial charge in [-0.3, -0.25) is 4.79 Å². The molecule has 2 aromatic carbocycles. The summed E-state index contributed by atoms with van der Waals surface area (Å²) in [4.78, 5) is 26.3. The minimum Gasteiger partial charge on any atom is -0.449 e. The van der Waals surface area contributed by atoms with Gasteiger partial charge in [-0.25, -0.2) is 4.79 Å². The molecule has 0 aliphatic carbocycles. The Kier molecular flexibility index (Phi) is 6.19. The SMILES string of the molecule is C[C@@H](OC(=O)c1ccccc1I)C(=O)Nc1ccc(N(C)C)cc1. The van der Waals surface area contributed by atoms with Crippen LogP contribution in [-0.4, -0.2) is 32.1 Å². The number of nitrogens with one attached hydrogen (secondary N) is 1. The highest BCUT2D eigenvalue weighted by Crippen LogP contribution is 2.17. The van der Waals surface area contributed by atoms with Crippen LogP contribution in [-0.2, 0) is 9.53 Å². The van der Waals surface area contributed by atoms with Crippen LogP contribution in [0.15, 0.2) is 48.5 Å². The molecular formula is C18H19IN2O3. The molecule has 0 heterocycles. The maximum Gasteiger partial charge on any atom is 0.339 e. The second-order valence-corrected chi connectivity index (χ2v) is 6.62. The quantitative estimate of drug-likeness (QED) is 0.573. The zero-order chi connectivity index (χ0) is 17.7. The molecule has 1 amide bonds. The maximum absolute atomic E-state index is 12.2. The lowest BCUT2D eigenvalue weighted by molar-refractivity contribution is -0.123. The average molecular weight is 438 g/mol. The van der Waals surface area contributed by atoms with Crippen LogP contribution >= 0.6 is 22.6 Å². The number of nitrogens with zero attached hydrogens (tertiary/aromatic N) is 1. The van der Waals surface area contributed by atoms with Gasteiger partial charge in [-0.1, -0.05) is 12.1 Å². The van der Waals surface area contributed by atoms with Crippen molar-refractivity contribution in [1.29, 1.82) is 0 Å². The third-order valence-electron chi connectivity index (χ3n) is 3.40. The molecular weight excluding hydrogens is 419 g/mol. The van der Waals surface area contributed by atoms with Crippen molar-refractivity contribution in [2.24, 2.45) is 0 Å². The lowest BCUT2D eigenvalue weighted by Crippen LogP contribution is -2.30. The van der Waals surface area contributed by atoms with Crippen molar-refractivity contribution in [3.63, 3.8) is 0 Å². The molecule has 0 aliphatic rings. The summed E-state index contributed by atoms with van der Waals surface area (Å²) in [6.07, 6.45) is -0.887. The topological polar surface area (TPSA) is 58.6 Å². The normalized spacial score (nSPS) is 11.5. The molecule has 0 saturated heterocycles. The summed E-state index contributed by atoms with van der Waals surface area (Å²) in [5.74, 6) is -0.877. The molecule has 6 heteroatoms. The Morgan fingerprint density at radius 3 is 2.29 bits per heavy atom. The van der Waals surface area contributed by atoms with Crippen LogP contribution in [0.2, 0.25) is 0 Å². The number of benzene rings is 2. The van der Waals surface area contributed by atoms with E-state index in [0.29, 0.717) is 11.3 Å². The van der Waals surface area contributed by atoms with Crippen LogP contribution in [0.4, 0.5) is 11.4 Å². The van der Waals surface area contributed by atoms with Crippen molar-refractivity contribution in [3.05, 3.63) is 57.7 Å². The average Bonchev–Trinajstić information content (AvgIpc) is 2.55. The Labute approximate surface area is 155 Å². The maximum atomic E-state index is 12.2. The summed E-state index contributed by atoms with van der Waals surface area (Å²) in [5, 5.41) is 2.74. The number of hydrogen-bond acceptors (Lipinski definition) is 4.